The fourth-order valence-corrected chi connectivity index (χ4v) is 1.67. The summed E-state index contributed by atoms with van der Waals surface area (Å²) in [6, 6.07) is 0. The predicted molar refractivity (Wildman–Crippen MR) is 78.9 cm³/mol. The van der Waals surface area contributed by atoms with E-state index in [2.05, 4.69) is 12.2 Å². The Hall–Kier alpha value is -1.06. The summed E-state index contributed by atoms with van der Waals surface area (Å²) in [7, 11) is 0. The first-order valence-electron chi connectivity index (χ1n) is 7.39. The van der Waals surface area contributed by atoms with Gasteiger partial charge in [0, 0.05) is 31.5 Å². The van der Waals surface area contributed by atoms with Crippen LogP contribution in [0.25, 0.3) is 0 Å². The first kappa shape index (κ1) is 17.9. The average Bonchev–Trinajstić information content (AvgIpc) is 2.34. The Morgan fingerprint density at radius 3 is 2.21 bits per heavy atom. The molecule has 0 saturated heterocycles. The predicted octanol–water partition coefficient (Wildman–Crippen LogP) is 2.58. The zero-order valence-electron chi connectivity index (χ0n) is 13.2. The maximum atomic E-state index is 11.9. The highest BCUT2D eigenvalue weighted by molar-refractivity contribution is 5.81. The number of unbranched alkanes of at least 4 members (excludes halogenated alkanes) is 1. The van der Waals surface area contributed by atoms with E-state index in [4.69, 9.17) is 0 Å². The molecule has 0 radical (unpaired) electrons. The summed E-state index contributed by atoms with van der Waals surface area (Å²) in [6.45, 7) is 12.0. The van der Waals surface area contributed by atoms with Crippen molar-refractivity contribution in [2.45, 2.75) is 60.3 Å². The fourth-order valence-electron chi connectivity index (χ4n) is 1.67. The largest absolute Gasteiger partial charge is 0.356 e. The van der Waals surface area contributed by atoms with E-state index in [1.165, 1.54) is 0 Å². The Labute approximate surface area is 117 Å². The van der Waals surface area contributed by atoms with E-state index in [1.807, 2.05) is 32.6 Å². The van der Waals surface area contributed by atoms with Crippen molar-refractivity contribution in [1.82, 2.24) is 10.2 Å². The summed E-state index contributed by atoms with van der Waals surface area (Å²) in [5.41, 5.74) is -0.361. The van der Waals surface area contributed by atoms with Gasteiger partial charge in [-0.15, -0.1) is 0 Å². The van der Waals surface area contributed by atoms with Gasteiger partial charge < -0.3 is 10.2 Å². The van der Waals surface area contributed by atoms with Crippen LogP contribution in [0.2, 0.25) is 0 Å². The minimum Gasteiger partial charge on any atom is -0.356 e. The lowest BCUT2D eigenvalue weighted by Crippen LogP contribution is -2.36. The first-order chi connectivity index (χ1) is 8.82. The van der Waals surface area contributed by atoms with Crippen molar-refractivity contribution in [2.75, 3.05) is 19.6 Å². The molecule has 0 saturated carbocycles. The minimum atomic E-state index is -0.361. The van der Waals surface area contributed by atoms with Crippen LogP contribution in [-0.4, -0.2) is 36.3 Å². The number of hydrogen-bond acceptors (Lipinski definition) is 2. The van der Waals surface area contributed by atoms with E-state index in [0.29, 0.717) is 19.4 Å². The second-order valence-corrected chi connectivity index (χ2v) is 5.94. The van der Waals surface area contributed by atoms with Gasteiger partial charge in [-0.3, -0.25) is 9.59 Å². The topological polar surface area (TPSA) is 49.4 Å². The second kappa shape index (κ2) is 8.94. The summed E-state index contributed by atoms with van der Waals surface area (Å²) in [6.07, 6.45) is 3.39. The summed E-state index contributed by atoms with van der Waals surface area (Å²) in [5.74, 6) is 0.235. The fraction of sp³-hybridized carbons (Fsp3) is 0.867. The Balaban J connectivity index is 3.87. The summed E-state index contributed by atoms with van der Waals surface area (Å²) < 4.78 is 0. The summed E-state index contributed by atoms with van der Waals surface area (Å²) in [4.78, 5) is 25.5. The summed E-state index contributed by atoms with van der Waals surface area (Å²) in [5, 5.41) is 2.87. The zero-order chi connectivity index (χ0) is 14.9. The molecule has 2 amide bonds. The smallest absolute Gasteiger partial charge is 0.225 e. The quantitative estimate of drug-likeness (QED) is 0.689. The molecule has 0 atom stereocenters. The molecule has 0 unspecified atom stereocenters. The van der Waals surface area contributed by atoms with Gasteiger partial charge >= 0.3 is 0 Å². The summed E-state index contributed by atoms with van der Waals surface area (Å²) >= 11 is 0. The second-order valence-electron chi connectivity index (χ2n) is 5.94. The molecule has 0 aliphatic rings. The number of nitrogens with zero attached hydrogens (tertiary/aromatic N) is 1. The highest BCUT2D eigenvalue weighted by Gasteiger charge is 2.20. The Kier molecular flexibility index (Phi) is 8.44. The van der Waals surface area contributed by atoms with Crippen molar-refractivity contribution in [2.24, 2.45) is 5.41 Å². The Bertz CT molecular complexity index is 282. The number of amides is 2. The molecule has 0 rings (SSSR count). The highest BCUT2D eigenvalue weighted by atomic mass is 16.2. The molecule has 19 heavy (non-hydrogen) atoms. The highest BCUT2D eigenvalue weighted by Crippen LogP contribution is 2.12. The third-order valence-corrected chi connectivity index (χ3v) is 3.05. The van der Waals surface area contributed by atoms with Gasteiger partial charge in [-0.1, -0.05) is 34.1 Å². The van der Waals surface area contributed by atoms with Crippen molar-refractivity contribution in [3.8, 4) is 0 Å². The third kappa shape index (κ3) is 7.85. The zero-order valence-corrected chi connectivity index (χ0v) is 13.2. The van der Waals surface area contributed by atoms with E-state index in [-0.39, 0.29) is 17.2 Å². The molecule has 1 N–H and O–H groups in total. The Morgan fingerprint density at radius 2 is 1.74 bits per heavy atom. The molecular weight excluding hydrogens is 240 g/mol. The third-order valence-electron chi connectivity index (χ3n) is 3.05. The van der Waals surface area contributed by atoms with E-state index in [0.717, 1.165) is 25.9 Å². The normalized spacial score (nSPS) is 11.2. The van der Waals surface area contributed by atoms with Crippen LogP contribution in [0.3, 0.4) is 0 Å². The minimum absolute atomic E-state index is 0.0401. The van der Waals surface area contributed by atoms with Gasteiger partial charge in [0.25, 0.3) is 0 Å². The monoisotopic (exact) mass is 270 g/mol. The molecule has 0 fully saturated rings. The molecule has 0 aliphatic carbocycles. The molecule has 0 aromatic rings. The van der Waals surface area contributed by atoms with Crippen molar-refractivity contribution < 1.29 is 9.59 Å². The van der Waals surface area contributed by atoms with Crippen molar-refractivity contribution in [3.05, 3.63) is 0 Å². The lowest BCUT2D eigenvalue weighted by atomic mass is 9.96. The number of hydrogen-bond donors (Lipinski definition) is 1. The molecule has 0 aromatic heterocycles. The van der Waals surface area contributed by atoms with Crippen LogP contribution in [0.4, 0.5) is 0 Å². The molecule has 0 heterocycles. The van der Waals surface area contributed by atoms with Crippen molar-refractivity contribution in [1.29, 1.82) is 0 Å². The standard InChI is InChI=1S/C15H30N2O2/c1-6-8-12-17(7-2)13(18)10-9-11-16-14(19)15(3,4)5/h6-12H2,1-5H3,(H,16,19). The van der Waals surface area contributed by atoms with Gasteiger partial charge in [0.05, 0.1) is 0 Å². The van der Waals surface area contributed by atoms with Crippen LogP contribution < -0.4 is 5.32 Å². The van der Waals surface area contributed by atoms with Gasteiger partial charge in [0.1, 0.15) is 0 Å². The number of carbonyl (C=O) groups excluding carboxylic acids is 2. The van der Waals surface area contributed by atoms with Crippen LogP contribution in [-0.2, 0) is 9.59 Å². The molecular formula is C15H30N2O2. The van der Waals surface area contributed by atoms with Crippen LogP contribution in [0, 0.1) is 5.41 Å². The van der Waals surface area contributed by atoms with Gasteiger partial charge in [-0.2, -0.15) is 0 Å². The number of nitrogens with one attached hydrogen (secondary N) is 1. The number of carbonyl (C=O) groups is 2. The Morgan fingerprint density at radius 1 is 1.11 bits per heavy atom. The molecule has 0 aliphatic heterocycles. The maximum Gasteiger partial charge on any atom is 0.225 e. The van der Waals surface area contributed by atoms with Gasteiger partial charge in [-0.05, 0) is 19.8 Å². The van der Waals surface area contributed by atoms with Crippen LogP contribution >= 0.6 is 0 Å². The van der Waals surface area contributed by atoms with Gasteiger partial charge in [0.2, 0.25) is 11.8 Å². The molecule has 4 heteroatoms. The SMILES string of the molecule is CCCCN(CC)C(=O)CCCNC(=O)C(C)(C)C. The molecule has 0 bridgehead atoms. The molecule has 0 spiro atoms. The van der Waals surface area contributed by atoms with Crippen LogP contribution in [0.1, 0.15) is 60.3 Å². The van der Waals surface area contributed by atoms with Crippen LogP contribution in [0.15, 0.2) is 0 Å². The lowest BCUT2D eigenvalue weighted by molar-refractivity contribution is -0.132. The van der Waals surface area contributed by atoms with Gasteiger partial charge in [0.15, 0.2) is 0 Å². The lowest BCUT2D eigenvalue weighted by Gasteiger charge is -2.21. The van der Waals surface area contributed by atoms with Crippen molar-refractivity contribution in [3.63, 3.8) is 0 Å². The molecule has 0 aromatic carbocycles. The van der Waals surface area contributed by atoms with Crippen LogP contribution in [0.5, 0.6) is 0 Å². The van der Waals surface area contributed by atoms with Gasteiger partial charge in [-0.25, -0.2) is 0 Å². The molecule has 4 nitrogen and oxygen atoms in total. The van der Waals surface area contributed by atoms with E-state index >= 15 is 0 Å². The number of rotatable bonds is 8. The first-order valence-corrected chi connectivity index (χ1v) is 7.39. The van der Waals surface area contributed by atoms with Crippen molar-refractivity contribution >= 4 is 11.8 Å². The van der Waals surface area contributed by atoms with E-state index in [1.54, 1.807) is 0 Å². The average molecular weight is 270 g/mol. The van der Waals surface area contributed by atoms with E-state index < -0.39 is 0 Å². The maximum absolute atomic E-state index is 11.9. The molecule has 112 valence electrons. The van der Waals surface area contributed by atoms with E-state index in [9.17, 15) is 9.59 Å².